The number of hydrogen-bond donors (Lipinski definition) is 1. The topological polar surface area (TPSA) is 83.7 Å². The zero-order chi connectivity index (χ0) is 13.8. The number of carbonyl (C=O) groups is 1. The zero-order valence-corrected chi connectivity index (χ0v) is 11.1. The number of thioether (sulfide) groups is 1. The van der Waals surface area contributed by atoms with Crippen LogP contribution in [0.4, 0.5) is 11.4 Å². The van der Waals surface area contributed by atoms with Gasteiger partial charge in [-0.15, -0.1) is 0 Å². The van der Waals surface area contributed by atoms with Gasteiger partial charge in [-0.2, -0.15) is 11.8 Å². The Balaban J connectivity index is 2.37. The van der Waals surface area contributed by atoms with Gasteiger partial charge in [-0.3, -0.25) is 10.1 Å². The zero-order valence-electron chi connectivity index (χ0n) is 10.2. The molecule has 102 valence electrons. The van der Waals surface area contributed by atoms with Crippen molar-refractivity contribution in [2.45, 2.75) is 6.42 Å². The lowest BCUT2D eigenvalue weighted by molar-refractivity contribution is -0.384. The van der Waals surface area contributed by atoms with Crippen molar-refractivity contribution < 1.29 is 14.8 Å². The minimum atomic E-state index is -1.15. The summed E-state index contributed by atoms with van der Waals surface area (Å²) in [6.45, 7) is 1.51. The van der Waals surface area contributed by atoms with Crippen LogP contribution in [-0.4, -0.2) is 40.6 Å². The summed E-state index contributed by atoms with van der Waals surface area (Å²) in [5.41, 5.74) is 0.323. The van der Waals surface area contributed by atoms with E-state index in [0.29, 0.717) is 5.69 Å². The third-order valence-corrected chi connectivity index (χ3v) is 4.03. The second kappa shape index (κ2) is 5.92. The Morgan fingerprint density at radius 1 is 1.37 bits per heavy atom. The van der Waals surface area contributed by atoms with Crippen LogP contribution in [0.5, 0.6) is 0 Å². The van der Waals surface area contributed by atoms with E-state index < -0.39 is 10.9 Å². The SMILES string of the molecule is O=C(O)c1ccc(N2CCCSCC2)c([N+](=O)[O-])c1. The molecule has 1 aliphatic heterocycles. The second-order valence-corrected chi connectivity index (χ2v) is 5.44. The molecule has 1 saturated heterocycles. The molecule has 6 nitrogen and oxygen atoms in total. The smallest absolute Gasteiger partial charge is 0.335 e. The van der Waals surface area contributed by atoms with Crippen LogP contribution in [0.2, 0.25) is 0 Å². The number of carboxylic acid groups (broad SMARTS) is 1. The van der Waals surface area contributed by atoms with Crippen molar-refractivity contribution in [1.82, 2.24) is 0 Å². The van der Waals surface area contributed by atoms with E-state index >= 15 is 0 Å². The van der Waals surface area contributed by atoms with E-state index in [9.17, 15) is 14.9 Å². The molecular weight excluding hydrogens is 268 g/mol. The highest BCUT2D eigenvalue weighted by molar-refractivity contribution is 7.99. The molecule has 0 spiro atoms. The molecule has 0 radical (unpaired) electrons. The number of rotatable bonds is 3. The molecule has 0 aliphatic carbocycles. The van der Waals surface area contributed by atoms with Crippen LogP contribution in [-0.2, 0) is 0 Å². The maximum Gasteiger partial charge on any atom is 0.335 e. The summed E-state index contributed by atoms with van der Waals surface area (Å²) in [6.07, 6.45) is 0.975. The number of hydrogen-bond acceptors (Lipinski definition) is 5. The average molecular weight is 282 g/mol. The molecule has 1 N–H and O–H groups in total. The maximum atomic E-state index is 11.1. The highest BCUT2D eigenvalue weighted by atomic mass is 32.2. The molecule has 1 fully saturated rings. The van der Waals surface area contributed by atoms with Crippen molar-refractivity contribution in [3.63, 3.8) is 0 Å². The van der Waals surface area contributed by atoms with Gasteiger partial charge in [0.25, 0.3) is 5.69 Å². The number of anilines is 1. The van der Waals surface area contributed by atoms with Crippen LogP contribution in [0.1, 0.15) is 16.8 Å². The summed E-state index contributed by atoms with van der Waals surface area (Å²) in [7, 11) is 0. The normalized spacial score (nSPS) is 15.9. The molecule has 0 atom stereocenters. The molecule has 0 unspecified atom stereocenters. The lowest BCUT2D eigenvalue weighted by atomic mass is 10.1. The summed E-state index contributed by atoms with van der Waals surface area (Å²) >= 11 is 1.83. The quantitative estimate of drug-likeness (QED) is 0.676. The molecule has 0 bridgehead atoms. The fraction of sp³-hybridized carbons (Fsp3) is 0.417. The summed E-state index contributed by atoms with van der Waals surface area (Å²) in [4.78, 5) is 23.4. The van der Waals surface area contributed by atoms with E-state index in [0.717, 1.165) is 37.1 Å². The van der Waals surface area contributed by atoms with Crippen molar-refractivity contribution in [3.8, 4) is 0 Å². The lowest BCUT2D eigenvalue weighted by Gasteiger charge is -2.22. The summed E-state index contributed by atoms with van der Waals surface area (Å²) in [6, 6.07) is 4.09. The van der Waals surface area contributed by atoms with E-state index in [2.05, 4.69) is 0 Å². The number of nitrogens with zero attached hydrogens (tertiary/aromatic N) is 2. The number of nitro benzene ring substituents is 1. The Morgan fingerprint density at radius 2 is 2.16 bits per heavy atom. The predicted molar refractivity (Wildman–Crippen MR) is 74.2 cm³/mol. The largest absolute Gasteiger partial charge is 0.478 e. The van der Waals surface area contributed by atoms with Crippen LogP contribution in [0.25, 0.3) is 0 Å². The van der Waals surface area contributed by atoms with E-state index in [1.54, 1.807) is 0 Å². The number of carboxylic acids is 1. The van der Waals surface area contributed by atoms with Crippen molar-refractivity contribution in [2.24, 2.45) is 0 Å². The third kappa shape index (κ3) is 3.17. The minimum absolute atomic E-state index is 0.0559. The van der Waals surface area contributed by atoms with Gasteiger partial charge in [-0.05, 0) is 24.3 Å². The van der Waals surface area contributed by atoms with Crippen LogP contribution >= 0.6 is 11.8 Å². The molecule has 1 heterocycles. The van der Waals surface area contributed by atoms with Gasteiger partial charge in [0.05, 0.1) is 10.5 Å². The predicted octanol–water partition coefficient (Wildman–Crippen LogP) is 2.24. The number of nitro groups is 1. The van der Waals surface area contributed by atoms with Gasteiger partial charge in [0.15, 0.2) is 0 Å². The Labute approximate surface area is 114 Å². The fourth-order valence-electron chi connectivity index (χ4n) is 2.06. The molecule has 1 aromatic rings. The van der Waals surface area contributed by atoms with Crippen LogP contribution in [0, 0.1) is 10.1 Å². The summed E-state index contributed by atoms with van der Waals surface area (Å²) < 4.78 is 0. The van der Waals surface area contributed by atoms with Crippen LogP contribution < -0.4 is 4.90 Å². The molecule has 0 aromatic heterocycles. The molecule has 1 aromatic carbocycles. The fourth-order valence-corrected chi connectivity index (χ4v) is 2.94. The first kappa shape index (κ1) is 13.7. The summed E-state index contributed by atoms with van der Waals surface area (Å²) in [5.74, 6) is 0.830. The monoisotopic (exact) mass is 282 g/mol. The molecule has 0 saturated carbocycles. The van der Waals surface area contributed by atoms with Crippen molar-refractivity contribution >= 4 is 29.1 Å². The highest BCUT2D eigenvalue weighted by Crippen LogP contribution is 2.30. The van der Waals surface area contributed by atoms with Crippen LogP contribution in [0.3, 0.4) is 0 Å². The molecule has 1 aliphatic rings. The van der Waals surface area contributed by atoms with Crippen LogP contribution in [0.15, 0.2) is 18.2 Å². The number of benzene rings is 1. The van der Waals surface area contributed by atoms with Gasteiger partial charge in [0.2, 0.25) is 0 Å². The first-order valence-corrected chi connectivity index (χ1v) is 7.09. The van der Waals surface area contributed by atoms with Gasteiger partial charge < -0.3 is 10.0 Å². The third-order valence-electron chi connectivity index (χ3n) is 2.98. The van der Waals surface area contributed by atoms with Gasteiger partial charge in [0, 0.05) is 24.9 Å². The second-order valence-electron chi connectivity index (χ2n) is 4.22. The molecule has 7 heteroatoms. The van der Waals surface area contributed by atoms with Crippen molar-refractivity contribution in [1.29, 1.82) is 0 Å². The summed E-state index contributed by atoms with van der Waals surface area (Å²) in [5, 5.41) is 20.0. The van der Waals surface area contributed by atoms with Crippen molar-refractivity contribution in [3.05, 3.63) is 33.9 Å². The van der Waals surface area contributed by atoms with Gasteiger partial charge in [0.1, 0.15) is 5.69 Å². The Hall–Kier alpha value is -1.76. The molecule has 2 rings (SSSR count). The van der Waals surface area contributed by atoms with E-state index in [1.165, 1.54) is 12.1 Å². The van der Waals surface area contributed by atoms with E-state index in [4.69, 9.17) is 5.11 Å². The molecular formula is C12H14N2O4S. The van der Waals surface area contributed by atoms with Gasteiger partial charge in [-0.1, -0.05) is 0 Å². The van der Waals surface area contributed by atoms with E-state index in [1.807, 2.05) is 16.7 Å². The number of aromatic carboxylic acids is 1. The molecule has 0 amide bonds. The lowest BCUT2D eigenvalue weighted by Crippen LogP contribution is -2.26. The van der Waals surface area contributed by atoms with Gasteiger partial charge in [-0.25, -0.2) is 4.79 Å². The Morgan fingerprint density at radius 3 is 2.84 bits per heavy atom. The molecule has 19 heavy (non-hydrogen) atoms. The standard InChI is InChI=1S/C12H14N2O4S/c15-12(16)9-2-3-10(11(8-9)14(17)18)13-4-1-6-19-7-5-13/h2-3,8H,1,4-7H2,(H,15,16). The maximum absolute atomic E-state index is 11.1. The van der Waals surface area contributed by atoms with Crippen molar-refractivity contribution in [2.75, 3.05) is 29.5 Å². The van der Waals surface area contributed by atoms with E-state index in [-0.39, 0.29) is 11.3 Å². The Bertz CT molecular complexity index is 499. The first-order valence-electron chi connectivity index (χ1n) is 5.94. The highest BCUT2D eigenvalue weighted by Gasteiger charge is 2.22. The Kier molecular flexibility index (Phi) is 4.26. The first-order chi connectivity index (χ1) is 9.09. The van der Waals surface area contributed by atoms with Gasteiger partial charge >= 0.3 is 5.97 Å². The minimum Gasteiger partial charge on any atom is -0.478 e. The average Bonchev–Trinajstić information content (AvgIpc) is 2.66.